The molecule has 7 heteroatoms. The molecule has 5 nitrogen and oxygen atoms in total. The lowest BCUT2D eigenvalue weighted by atomic mass is 10.1. The van der Waals surface area contributed by atoms with Crippen LogP contribution in [0.1, 0.15) is 11.3 Å². The number of hydrogen-bond acceptors (Lipinski definition) is 3. The number of aliphatic hydroxyl groups is 1. The minimum absolute atomic E-state index is 0.0938. The molecule has 4 rings (SSSR count). The Morgan fingerprint density at radius 3 is 2.81 bits per heavy atom. The number of fused-ring (bicyclic) bond motifs is 1. The lowest BCUT2D eigenvalue weighted by Gasteiger charge is -2.11. The first kappa shape index (κ1) is 16.9. The van der Waals surface area contributed by atoms with Gasteiger partial charge in [0.25, 0.3) is 0 Å². The Hall–Kier alpha value is -2.51. The summed E-state index contributed by atoms with van der Waals surface area (Å²) in [6.07, 6.45) is 1.17. The van der Waals surface area contributed by atoms with Crippen LogP contribution in [-0.4, -0.2) is 39.9 Å². The zero-order valence-corrected chi connectivity index (χ0v) is 14.8. The molecule has 1 aliphatic rings. The number of urea groups is 1. The van der Waals surface area contributed by atoms with Crippen LogP contribution in [0.3, 0.4) is 0 Å². The number of nitrogens with zero attached hydrogens (tertiary/aromatic N) is 3. The van der Waals surface area contributed by atoms with Gasteiger partial charge in [-0.3, -0.25) is 4.57 Å². The number of halogens is 1. The monoisotopic (exact) mass is 371 g/mol. The standard InChI is InChI=1S/C19H18FN3O2S/c20-15-7-8-22(10-15)18(25)21-19-23(11-17(12-24)26-19)16-6-5-13-3-1-2-4-14(13)9-16/h1-6,9,11,15,24H,7-8,10,12H2/b21-19-/t15-/m1/s1. The van der Waals surface area contributed by atoms with E-state index in [1.54, 1.807) is 10.8 Å². The quantitative estimate of drug-likeness (QED) is 0.752. The number of carbonyl (C=O) groups is 1. The van der Waals surface area contributed by atoms with Crippen molar-refractivity contribution < 1.29 is 14.3 Å². The van der Waals surface area contributed by atoms with E-state index in [-0.39, 0.29) is 13.2 Å². The van der Waals surface area contributed by atoms with Crippen LogP contribution in [-0.2, 0) is 6.61 Å². The van der Waals surface area contributed by atoms with Gasteiger partial charge < -0.3 is 10.0 Å². The van der Waals surface area contributed by atoms with Crippen molar-refractivity contribution in [1.82, 2.24) is 9.47 Å². The minimum Gasteiger partial charge on any atom is -0.391 e. The van der Waals surface area contributed by atoms with Crippen LogP contribution in [0.2, 0.25) is 0 Å². The van der Waals surface area contributed by atoms with Gasteiger partial charge in [-0.25, -0.2) is 9.18 Å². The zero-order valence-electron chi connectivity index (χ0n) is 14.0. The van der Waals surface area contributed by atoms with E-state index >= 15 is 0 Å². The molecule has 1 atom stereocenters. The van der Waals surface area contributed by atoms with Gasteiger partial charge in [0, 0.05) is 18.4 Å². The summed E-state index contributed by atoms with van der Waals surface area (Å²) in [6.45, 7) is 0.354. The highest BCUT2D eigenvalue weighted by atomic mass is 32.1. The van der Waals surface area contributed by atoms with Gasteiger partial charge >= 0.3 is 6.03 Å². The first-order valence-corrected chi connectivity index (χ1v) is 9.25. The molecule has 0 bridgehead atoms. The highest BCUT2D eigenvalue weighted by molar-refractivity contribution is 7.09. The summed E-state index contributed by atoms with van der Waals surface area (Å²) in [5.74, 6) is 0. The van der Waals surface area contributed by atoms with Crippen molar-refractivity contribution in [2.45, 2.75) is 19.2 Å². The Morgan fingerprint density at radius 2 is 2.08 bits per heavy atom. The second-order valence-corrected chi connectivity index (χ2v) is 7.36. The summed E-state index contributed by atoms with van der Waals surface area (Å²) < 4.78 is 15.1. The summed E-state index contributed by atoms with van der Waals surface area (Å²) in [5, 5.41) is 11.7. The highest BCUT2D eigenvalue weighted by Gasteiger charge is 2.25. The van der Waals surface area contributed by atoms with Gasteiger partial charge in [-0.05, 0) is 29.3 Å². The van der Waals surface area contributed by atoms with Crippen molar-refractivity contribution in [3.63, 3.8) is 0 Å². The van der Waals surface area contributed by atoms with Crippen molar-refractivity contribution in [3.05, 3.63) is 58.3 Å². The fraction of sp³-hybridized carbons (Fsp3) is 0.263. The van der Waals surface area contributed by atoms with E-state index < -0.39 is 12.2 Å². The van der Waals surface area contributed by atoms with Gasteiger partial charge in [-0.1, -0.05) is 41.7 Å². The molecule has 1 aliphatic heterocycles. The Morgan fingerprint density at radius 1 is 1.27 bits per heavy atom. The van der Waals surface area contributed by atoms with Crippen LogP contribution in [0.25, 0.3) is 16.5 Å². The number of carbonyl (C=O) groups excluding carboxylic acids is 1. The fourth-order valence-corrected chi connectivity index (χ4v) is 3.93. The molecule has 3 aromatic rings. The lowest BCUT2D eigenvalue weighted by Crippen LogP contribution is -2.28. The molecule has 1 fully saturated rings. The predicted octanol–water partition coefficient (Wildman–Crippen LogP) is 3.25. The average Bonchev–Trinajstić information content (AvgIpc) is 3.27. The molecule has 26 heavy (non-hydrogen) atoms. The molecule has 0 unspecified atom stereocenters. The molecular formula is C19H18FN3O2S. The van der Waals surface area contributed by atoms with E-state index in [0.717, 1.165) is 16.5 Å². The van der Waals surface area contributed by atoms with Crippen LogP contribution < -0.4 is 4.80 Å². The van der Waals surface area contributed by atoms with Gasteiger partial charge in [0.15, 0.2) is 4.80 Å². The molecule has 134 valence electrons. The number of amides is 2. The predicted molar refractivity (Wildman–Crippen MR) is 99.1 cm³/mol. The van der Waals surface area contributed by atoms with E-state index in [1.807, 2.05) is 42.5 Å². The molecule has 0 saturated carbocycles. The number of alkyl halides is 1. The third-order valence-electron chi connectivity index (χ3n) is 4.46. The minimum atomic E-state index is -0.974. The number of likely N-dealkylation sites (tertiary alicyclic amines) is 1. The average molecular weight is 371 g/mol. The van der Waals surface area contributed by atoms with Crippen LogP contribution in [0.4, 0.5) is 9.18 Å². The van der Waals surface area contributed by atoms with Gasteiger partial charge in [0.2, 0.25) is 0 Å². The molecule has 1 N–H and O–H groups in total. The number of hydrogen-bond donors (Lipinski definition) is 1. The number of aromatic nitrogens is 1. The third kappa shape index (κ3) is 3.27. The van der Waals surface area contributed by atoms with Gasteiger partial charge in [0.1, 0.15) is 6.17 Å². The maximum atomic E-state index is 13.4. The number of aliphatic hydroxyl groups excluding tert-OH is 1. The number of thiazole rings is 1. The molecule has 2 aromatic carbocycles. The van der Waals surface area contributed by atoms with Crippen LogP contribution >= 0.6 is 11.3 Å². The molecular weight excluding hydrogens is 353 g/mol. The molecule has 2 amide bonds. The number of rotatable bonds is 2. The van der Waals surface area contributed by atoms with Gasteiger partial charge in [0.05, 0.1) is 18.0 Å². The summed E-state index contributed by atoms with van der Waals surface area (Å²) in [7, 11) is 0. The second-order valence-electron chi connectivity index (χ2n) is 6.27. The first-order chi connectivity index (χ1) is 12.6. The van der Waals surface area contributed by atoms with E-state index in [0.29, 0.717) is 22.6 Å². The summed E-state index contributed by atoms with van der Waals surface area (Å²) in [6, 6.07) is 13.5. The second kappa shape index (κ2) is 7.01. The Labute approximate surface area is 153 Å². The first-order valence-electron chi connectivity index (χ1n) is 8.43. The Kier molecular flexibility index (Phi) is 4.57. The zero-order chi connectivity index (χ0) is 18.1. The Balaban J connectivity index is 1.77. The third-order valence-corrected chi connectivity index (χ3v) is 5.43. The molecule has 2 heterocycles. The highest BCUT2D eigenvalue weighted by Crippen LogP contribution is 2.19. The van der Waals surface area contributed by atoms with E-state index in [1.165, 1.54) is 16.2 Å². The van der Waals surface area contributed by atoms with E-state index in [2.05, 4.69) is 4.99 Å². The van der Waals surface area contributed by atoms with Crippen molar-refractivity contribution >= 4 is 28.1 Å². The van der Waals surface area contributed by atoms with E-state index in [9.17, 15) is 14.3 Å². The molecule has 0 aliphatic carbocycles. The summed E-state index contributed by atoms with van der Waals surface area (Å²) >= 11 is 1.25. The molecule has 1 aromatic heterocycles. The summed E-state index contributed by atoms with van der Waals surface area (Å²) in [4.78, 5) is 19.2. The summed E-state index contributed by atoms with van der Waals surface area (Å²) in [5.41, 5.74) is 0.857. The van der Waals surface area contributed by atoms with Crippen molar-refractivity contribution in [3.8, 4) is 5.69 Å². The SMILES string of the molecule is O=C(/N=c1\sc(CO)cn1-c1ccc2ccccc2c1)N1CC[C@@H](F)C1. The maximum Gasteiger partial charge on any atom is 0.346 e. The van der Waals surface area contributed by atoms with Gasteiger partial charge in [-0.2, -0.15) is 4.99 Å². The van der Waals surface area contributed by atoms with Crippen LogP contribution in [0.15, 0.2) is 53.7 Å². The van der Waals surface area contributed by atoms with Crippen LogP contribution in [0, 0.1) is 0 Å². The normalized spacial score (nSPS) is 18.0. The van der Waals surface area contributed by atoms with Crippen molar-refractivity contribution in [1.29, 1.82) is 0 Å². The van der Waals surface area contributed by atoms with E-state index in [4.69, 9.17) is 0 Å². The largest absolute Gasteiger partial charge is 0.391 e. The topological polar surface area (TPSA) is 57.8 Å². The van der Waals surface area contributed by atoms with Crippen molar-refractivity contribution in [2.75, 3.05) is 13.1 Å². The van der Waals surface area contributed by atoms with Crippen molar-refractivity contribution in [2.24, 2.45) is 4.99 Å². The van der Waals surface area contributed by atoms with Crippen LogP contribution in [0.5, 0.6) is 0 Å². The number of benzene rings is 2. The molecule has 0 radical (unpaired) electrons. The molecule has 1 saturated heterocycles. The maximum absolute atomic E-state index is 13.4. The molecule has 0 spiro atoms. The van der Waals surface area contributed by atoms with Gasteiger partial charge in [-0.15, -0.1) is 0 Å². The fourth-order valence-electron chi connectivity index (χ4n) is 3.10. The smallest absolute Gasteiger partial charge is 0.346 e. The lowest BCUT2D eigenvalue weighted by molar-refractivity contribution is 0.213. The Bertz CT molecular complexity index is 1030.